The average Bonchev–Trinajstić information content (AvgIpc) is 2.78. The Morgan fingerprint density at radius 3 is 2.43 bits per heavy atom. The Morgan fingerprint density at radius 2 is 1.60 bits per heavy atom. The van der Waals surface area contributed by atoms with E-state index in [1.165, 1.54) is 24.3 Å². The van der Waals surface area contributed by atoms with Crippen LogP contribution >= 0.6 is 0 Å². The van der Waals surface area contributed by atoms with Gasteiger partial charge in [-0.15, -0.1) is 0 Å². The number of nitriles is 1. The third kappa shape index (κ3) is 3.62. The molecule has 0 radical (unpaired) electrons. The Morgan fingerprint density at radius 1 is 0.833 bits per heavy atom. The third-order valence-electron chi connectivity index (χ3n) is 4.79. The first-order chi connectivity index (χ1) is 14.6. The van der Waals surface area contributed by atoms with Gasteiger partial charge in [-0.25, -0.2) is 0 Å². The molecule has 0 saturated carbocycles. The molecule has 5 heteroatoms. The van der Waals surface area contributed by atoms with Crippen LogP contribution in [0.15, 0.2) is 84.9 Å². The number of phenols is 1. The Hall–Kier alpha value is -4.43. The molecule has 1 amide bonds. The molecule has 4 aromatic carbocycles. The van der Waals surface area contributed by atoms with E-state index in [1.54, 1.807) is 24.3 Å². The molecule has 0 atom stereocenters. The second kappa shape index (κ2) is 7.90. The van der Waals surface area contributed by atoms with Crippen LogP contribution in [0, 0.1) is 11.3 Å². The van der Waals surface area contributed by atoms with Gasteiger partial charge in [-0.3, -0.25) is 9.59 Å². The molecule has 0 unspecified atom stereocenters. The highest BCUT2D eigenvalue weighted by atomic mass is 16.3. The molecular weight excluding hydrogens is 376 g/mol. The molecule has 0 aliphatic rings. The molecule has 0 saturated heterocycles. The highest BCUT2D eigenvalue weighted by molar-refractivity contribution is 6.17. The van der Waals surface area contributed by atoms with E-state index in [0.29, 0.717) is 22.4 Å². The number of aromatic hydroxyl groups is 1. The van der Waals surface area contributed by atoms with E-state index in [9.17, 15) is 14.7 Å². The average molecular weight is 392 g/mol. The van der Waals surface area contributed by atoms with E-state index in [2.05, 4.69) is 5.32 Å². The lowest BCUT2D eigenvalue weighted by Crippen LogP contribution is -2.13. The number of nitrogens with zero attached hydrogens (tertiary/aromatic N) is 1. The number of ketones is 1. The number of carbonyl (C=O) groups excluding carboxylic acids is 2. The van der Waals surface area contributed by atoms with Crippen molar-refractivity contribution in [3.05, 3.63) is 107 Å². The zero-order valence-electron chi connectivity index (χ0n) is 15.8. The summed E-state index contributed by atoms with van der Waals surface area (Å²) >= 11 is 0. The van der Waals surface area contributed by atoms with Gasteiger partial charge >= 0.3 is 0 Å². The predicted molar refractivity (Wildman–Crippen MR) is 115 cm³/mol. The number of rotatable bonds is 4. The van der Waals surface area contributed by atoms with E-state index in [1.807, 2.05) is 42.5 Å². The quantitative estimate of drug-likeness (QED) is 0.483. The third-order valence-corrected chi connectivity index (χ3v) is 4.79. The first-order valence-corrected chi connectivity index (χ1v) is 9.24. The monoisotopic (exact) mass is 392 g/mol. The lowest BCUT2D eigenvalue weighted by molar-refractivity contribution is 0.102. The number of benzene rings is 4. The summed E-state index contributed by atoms with van der Waals surface area (Å²) in [6, 6.07) is 25.7. The molecule has 0 aromatic heterocycles. The van der Waals surface area contributed by atoms with Crippen molar-refractivity contribution in [1.29, 1.82) is 5.26 Å². The van der Waals surface area contributed by atoms with Crippen LogP contribution in [0.4, 0.5) is 5.69 Å². The number of hydrogen-bond donors (Lipinski definition) is 2. The Bertz CT molecular complexity index is 1330. The largest absolute Gasteiger partial charge is 0.507 e. The van der Waals surface area contributed by atoms with Gasteiger partial charge in [0.2, 0.25) is 0 Å². The zero-order valence-corrected chi connectivity index (χ0v) is 15.8. The van der Waals surface area contributed by atoms with Crippen molar-refractivity contribution >= 4 is 28.2 Å². The maximum absolute atomic E-state index is 13.1. The fourth-order valence-corrected chi connectivity index (χ4v) is 3.30. The van der Waals surface area contributed by atoms with Gasteiger partial charge in [-0.2, -0.15) is 5.26 Å². The van der Waals surface area contributed by atoms with Gasteiger partial charge in [0.05, 0.1) is 17.2 Å². The summed E-state index contributed by atoms with van der Waals surface area (Å²) in [6.45, 7) is 0. The second-order valence-electron chi connectivity index (χ2n) is 6.73. The van der Waals surface area contributed by atoms with Crippen LogP contribution < -0.4 is 5.32 Å². The number of phenolic OH excluding ortho intramolecular Hbond substituents is 1. The van der Waals surface area contributed by atoms with E-state index >= 15 is 0 Å². The van der Waals surface area contributed by atoms with Crippen molar-refractivity contribution < 1.29 is 14.7 Å². The molecule has 30 heavy (non-hydrogen) atoms. The molecule has 144 valence electrons. The normalized spacial score (nSPS) is 10.4. The summed E-state index contributed by atoms with van der Waals surface area (Å²) in [4.78, 5) is 25.8. The highest BCUT2D eigenvalue weighted by Gasteiger charge is 2.18. The summed E-state index contributed by atoms with van der Waals surface area (Å²) in [6.07, 6.45) is 0. The van der Waals surface area contributed by atoms with E-state index in [0.717, 1.165) is 10.8 Å². The molecule has 2 N–H and O–H groups in total. The van der Waals surface area contributed by atoms with Crippen LogP contribution in [-0.4, -0.2) is 16.8 Å². The molecule has 5 nitrogen and oxygen atoms in total. The van der Waals surface area contributed by atoms with Crippen LogP contribution in [0.25, 0.3) is 10.8 Å². The maximum atomic E-state index is 13.1. The second-order valence-corrected chi connectivity index (χ2v) is 6.73. The van der Waals surface area contributed by atoms with Crippen molar-refractivity contribution in [2.24, 2.45) is 0 Å². The molecule has 0 aliphatic carbocycles. The van der Waals surface area contributed by atoms with Gasteiger partial charge < -0.3 is 10.4 Å². The minimum Gasteiger partial charge on any atom is -0.507 e. The van der Waals surface area contributed by atoms with Crippen molar-refractivity contribution in [2.45, 2.75) is 0 Å². The Kier molecular flexibility index (Phi) is 4.98. The van der Waals surface area contributed by atoms with Crippen molar-refractivity contribution in [2.75, 3.05) is 5.32 Å². The van der Waals surface area contributed by atoms with Gasteiger partial charge in [-0.1, -0.05) is 48.5 Å². The number of amides is 1. The lowest BCUT2D eigenvalue weighted by Gasteiger charge is -2.10. The summed E-state index contributed by atoms with van der Waals surface area (Å²) in [5, 5.41) is 23.6. The predicted octanol–water partition coefficient (Wildman–Crippen LogP) is 4.90. The molecular formula is C25H16N2O3. The molecule has 4 rings (SSSR count). The van der Waals surface area contributed by atoms with Crippen molar-refractivity contribution in [3.63, 3.8) is 0 Å². The Labute approximate surface area is 172 Å². The summed E-state index contributed by atoms with van der Waals surface area (Å²) in [5.41, 5.74) is 1.61. The number of nitrogens with one attached hydrogen (secondary N) is 1. The van der Waals surface area contributed by atoms with Gasteiger partial charge in [0, 0.05) is 16.8 Å². The molecule has 0 fully saturated rings. The smallest absolute Gasteiger partial charge is 0.259 e. The molecule has 4 aromatic rings. The molecule has 0 bridgehead atoms. The first kappa shape index (κ1) is 18.9. The summed E-state index contributed by atoms with van der Waals surface area (Å²) in [5.74, 6) is -1.05. The minimum atomic E-state index is -0.574. The SMILES string of the molecule is N#Cc1cccc(NC(=O)c2cc(C(=O)c3cccc4ccccc34)ccc2O)c1. The van der Waals surface area contributed by atoms with Crippen LogP contribution in [-0.2, 0) is 0 Å². The fraction of sp³-hybridized carbons (Fsp3) is 0. The van der Waals surface area contributed by atoms with Crippen LogP contribution in [0.1, 0.15) is 31.8 Å². The van der Waals surface area contributed by atoms with Crippen LogP contribution in [0.2, 0.25) is 0 Å². The zero-order chi connectivity index (χ0) is 21.1. The van der Waals surface area contributed by atoms with Gasteiger partial charge in [0.1, 0.15) is 5.75 Å². The fourth-order valence-electron chi connectivity index (χ4n) is 3.30. The molecule has 0 spiro atoms. The number of fused-ring (bicyclic) bond motifs is 1. The van der Waals surface area contributed by atoms with E-state index in [-0.39, 0.29) is 17.1 Å². The number of carbonyl (C=O) groups is 2. The Balaban J connectivity index is 1.68. The molecule has 0 heterocycles. The van der Waals surface area contributed by atoms with Gasteiger partial charge in [-0.05, 0) is 47.2 Å². The topological polar surface area (TPSA) is 90.2 Å². The standard InChI is InChI=1S/C25H16N2O3/c26-15-16-5-3-8-19(13-16)27-25(30)22-14-18(11-12-23(22)28)24(29)21-10-4-7-17-6-1-2-9-20(17)21/h1-14,28H,(H,27,30). The maximum Gasteiger partial charge on any atom is 0.259 e. The lowest BCUT2D eigenvalue weighted by atomic mass is 9.96. The van der Waals surface area contributed by atoms with Crippen LogP contribution in [0.3, 0.4) is 0 Å². The summed E-state index contributed by atoms with van der Waals surface area (Å²) < 4.78 is 0. The highest BCUT2D eigenvalue weighted by Crippen LogP contribution is 2.25. The van der Waals surface area contributed by atoms with E-state index in [4.69, 9.17) is 5.26 Å². The van der Waals surface area contributed by atoms with E-state index < -0.39 is 5.91 Å². The number of anilines is 1. The summed E-state index contributed by atoms with van der Waals surface area (Å²) in [7, 11) is 0. The van der Waals surface area contributed by atoms with Crippen molar-refractivity contribution in [3.8, 4) is 11.8 Å². The minimum absolute atomic E-state index is 0.0246. The van der Waals surface area contributed by atoms with Crippen LogP contribution in [0.5, 0.6) is 5.75 Å². The molecule has 0 aliphatic heterocycles. The van der Waals surface area contributed by atoms with Gasteiger partial charge in [0.15, 0.2) is 5.78 Å². The van der Waals surface area contributed by atoms with Crippen molar-refractivity contribution in [1.82, 2.24) is 0 Å². The van der Waals surface area contributed by atoms with Gasteiger partial charge in [0.25, 0.3) is 5.91 Å². The number of hydrogen-bond acceptors (Lipinski definition) is 4. The first-order valence-electron chi connectivity index (χ1n) is 9.24.